The van der Waals surface area contributed by atoms with E-state index in [9.17, 15) is 14.0 Å². The molecule has 0 aliphatic heterocycles. The number of rotatable bonds is 5. The first kappa shape index (κ1) is 19.6. The van der Waals surface area contributed by atoms with Gasteiger partial charge in [0.25, 0.3) is 5.91 Å². The predicted molar refractivity (Wildman–Crippen MR) is 107 cm³/mol. The largest absolute Gasteiger partial charge is 0.342 e. The van der Waals surface area contributed by atoms with Gasteiger partial charge in [0.2, 0.25) is 5.91 Å². The van der Waals surface area contributed by atoms with Crippen LogP contribution in [0.4, 0.5) is 4.39 Å². The van der Waals surface area contributed by atoms with Gasteiger partial charge in [0, 0.05) is 34.3 Å². The fraction of sp³-hybridized carbons (Fsp3) is 0.158. The fourth-order valence-corrected chi connectivity index (χ4v) is 4.20. The summed E-state index contributed by atoms with van der Waals surface area (Å²) in [6.45, 7) is -0.226. The number of benzene rings is 2. The van der Waals surface area contributed by atoms with Crippen LogP contribution in [0, 0.1) is 5.82 Å². The first-order chi connectivity index (χ1) is 12.9. The van der Waals surface area contributed by atoms with Crippen molar-refractivity contribution in [2.45, 2.75) is 6.54 Å². The van der Waals surface area contributed by atoms with Crippen molar-refractivity contribution in [1.29, 1.82) is 0 Å². The Balaban J connectivity index is 1.64. The topological polar surface area (TPSA) is 49.4 Å². The van der Waals surface area contributed by atoms with E-state index in [2.05, 4.69) is 5.32 Å². The van der Waals surface area contributed by atoms with E-state index in [1.165, 1.54) is 35.4 Å². The molecule has 0 aliphatic carbocycles. The molecule has 0 aliphatic rings. The summed E-state index contributed by atoms with van der Waals surface area (Å²) < 4.78 is 14.7. The molecule has 0 saturated carbocycles. The molecule has 0 spiro atoms. The molecule has 0 bridgehead atoms. The number of hydrogen-bond donors (Lipinski definition) is 1. The Hall–Kier alpha value is -2.15. The number of nitrogens with one attached hydrogen (secondary N) is 1. The number of hydrogen-bond acceptors (Lipinski definition) is 3. The molecule has 0 unspecified atom stereocenters. The highest BCUT2D eigenvalue weighted by atomic mass is 35.5. The molecule has 0 fully saturated rings. The Morgan fingerprint density at radius 1 is 1.15 bits per heavy atom. The number of thiophene rings is 1. The molecule has 0 saturated heterocycles. The van der Waals surface area contributed by atoms with Gasteiger partial charge in [0.1, 0.15) is 10.7 Å². The monoisotopic (exact) mass is 424 g/mol. The second kappa shape index (κ2) is 8.25. The van der Waals surface area contributed by atoms with Crippen LogP contribution in [0.1, 0.15) is 15.2 Å². The van der Waals surface area contributed by atoms with Crippen LogP contribution in [0.25, 0.3) is 10.1 Å². The van der Waals surface area contributed by atoms with Crippen LogP contribution >= 0.6 is 34.5 Å². The second-order valence-electron chi connectivity index (χ2n) is 5.87. The van der Waals surface area contributed by atoms with Gasteiger partial charge in [-0.2, -0.15) is 0 Å². The van der Waals surface area contributed by atoms with Gasteiger partial charge in [-0.3, -0.25) is 9.59 Å². The van der Waals surface area contributed by atoms with E-state index in [4.69, 9.17) is 23.2 Å². The van der Waals surface area contributed by atoms with Gasteiger partial charge in [-0.05, 0) is 18.2 Å². The molecule has 2 aromatic carbocycles. The van der Waals surface area contributed by atoms with E-state index in [0.29, 0.717) is 9.90 Å². The molecule has 0 atom stereocenters. The molecule has 1 heterocycles. The minimum Gasteiger partial charge on any atom is -0.342 e. The van der Waals surface area contributed by atoms with Crippen molar-refractivity contribution in [3.05, 3.63) is 68.8 Å². The van der Waals surface area contributed by atoms with Gasteiger partial charge in [-0.1, -0.05) is 47.5 Å². The van der Waals surface area contributed by atoms with Gasteiger partial charge in [-0.25, -0.2) is 4.39 Å². The number of fused-ring (bicyclic) bond motifs is 1. The Bertz CT molecular complexity index is 1000. The number of carbonyl (C=O) groups excluding carboxylic acids is 2. The molecule has 27 heavy (non-hydrogen) atoms. The Morgan fingerprint density at radius 3 is 2.59 bits per heavy atom. The van der Waals surface area contributed by atoms with Crippen molar-refractivity contribution in [3.8, 4) is 0 Å². The lowest BCUT2D eigenvalue weighted by atomic mass is 10.2. The molecule has 1 N–H and O–H groups in total. The first-order valence-electron chi connectivity index (χ1n) is 8.00. The molecule has 4 nitrogen and oxygen atoms in total. The van der Waals surface area contributed by atoms with Crippen molar-refractivity contribution in [2.75, 3.05) is 13.6 Å². The van der Waals surface area contributed by atoms with Crippen molar-refractivity contribution in [1.82, 2.24) is 10.2 Å². The maximum atomic E-state index is 13.8. The summed E-state index contributed by atoms with van der Waals surface area (Å²) in [4.78, 5) is 26.3. The van der Waals surface area contributed by atoms with Crippen LogP contribution in [0.2, 0.25) is 10.0 Å². The quantitative estimate of drug-likeness (QED) is 0.642. The van der Waals surface area contributed by atoms with Crippen molar-refractivity contribution in [3.63, 3.8) is 0 Å². The van der Waals surface area contributed by atoms with E-state index in [-0.39, 0.29) is 29.6 Å². The maximum Gasteiger partial charge on any atom is 0.263 e. The van der Waals surface area contributed by atoms with Crippen molar-refractivity contribution < 1.29 is 14.0 Å². The fourth-order valence-electron chi connectivity index (χ4n) is 2.54. The van der Waals surface area contributed by atoms with Crippen molar-refractivity contribution in [2.24, 2.45) is 0 Å². The first-order valence-corrected chi connectivity index (χ1v) is 9.57. The lowest BCUT2D eigenvalue weighted by molar-refractivity contribution is -0.129. The zero-order chi connectivity index (χ0) is 19.6. The van der Waals surface area contributed by atoms with Crippen LogP contribution in [-0.4, -0.2) is 30.3 Å². The maximum absolute atomic E-state index is 13.8. The standard InChI is InChI=1S/C19H15Cl2FN2O2S/c1-24(10-12-13(20)6-4-7-14(12)22)16(25)9-23-19(26)18-17(21)11-5-2-3-8-15(11)27-18/h2-8H,9-10H2,1H3,(H,23,26). The third kappa shape index (κ3) is 4.24. The van der Waals surface area contributed by atoms with E-state index >= 15 is 0 Å². The van der Waals surface area contributed by atoms with Crippen LogP contribution in [-0.2, 0) is 11.3 Å². The number of amides is 2. The zero-order valence-corrected chi connectivity index (χ0v) is 16.6. The predicted octanol–water partition coefficient (Wildman–Crippen LogP) is 4.74. The molecule has 8 heteroatoms. The van der Waals surface area contributed by atoms with E-state index in [0.717, 1.165) is 10.1 Å². The molecule has 2 amide bonds. The number of halogens is 3. The Morgan fingerprint density at radius 2 is 1.89 bits per heavy atom. The highest BCUT2D eigenvalue weighted by Gasteiger charge is 2.19. The molecular formula is C19H15Cl2FN2O2S. The normalized spacial score (nSPS) is 10.8. The molecule has 3 aromatic rings. The van der Waals surface area contributed by atoms with E-state index in [1.54, 1.807) is 6.07 Å². The Labute approximate surface area is 169 Å². The minimum atomic E-state index is -0.483. The molecule has 3 rings (SSSR count). The Kier molecular flexibility index (Phi) is 5.99. The number of likely N-dealkylation sites (N-methyl/N-ethyl adjacent to an activating group) is 1. The molecule has 1 aromatic heterocycles. The van der Waals surface area contributed by atoms with Gasteiger partial charge in [0.05, 0.1) is 11.6 Å². The smallest absolute Gasteiger partial charge is 0.263 e. The highest BCUT2D eigenvalue weighted by Crippen LogP contribution is 2.34. The summed E-state index contributed by atoms with van der Waals surface area (Å²) >= 11 is 13.5. The highest BCUT2D eigenvalue weighted by molar-refractivity contribution is 7.21. The van der Waals surface area contributed by atoms with Gasteiger partial charge < -0.3 is 10.2 Å². The summed E-state index contributed by atoms with van der Waals surface area (Å²) in [5.41, 5.74) is 0.230. The second-order valence-corrected chi connectivity index (χ2v) is 7.71. The summed E-state index contributed by atoms with van der Waals surface area (Å²) in [5, 5.41) is 3.98. The summed E-state index contributed by atoms with van der Waals surface area (Å²) in [6.07, 6.45) is 0. The molecular weight excluding hydrogens is 410 g/mol. The summed E-state index contributed by atoms with van der Waals surface area (Å²) in [6, 6.07) is 11.8. The average Bonchev–Trinajstić information content (AvgIpc) is 2.99. The number of nitrogens with zero attached hydrogens (tertiary/aromatic N) is 1. The van der Waals surface area contributed by atoms with Crippen molar-refractivity contribution >= 4 is 56.4 Å². The van der Waals surface area contributed by atoms with Crippen LogP contribution in [0.15, 0.2) is 42.5 Å². The summed E-state index contributed by atoms with van der Waals surface area (Å²) in [5.74, 6) is -1.28. The average molecular weight is 425 g/mol. The van der Waals surface area contributed by atoms with Crippen LogP contribution < -0.4 is 5.32 Å². The zero-order valence-electron chi connectivity index (χ0n) is 14.3. The van der Waals surface area contributed by atoms with Crippen LogP contribution in [0.3, 0.4) is 0 Å². The van der Waals surface area contributed by atoms with Gasteiger partial charge in [-0.15, -0.1) is 11.3 Å². The molecule has 140 valence electrons. The number of carbonyl (C=O) groups is 2. The van der Waals surface area contributed by atoms with Gasteiger partial charge >= 0.3 is 0 Å². The lowest BCUT2D eigenvalue weighted by Crippen LogP contribution is -2.37. The third-order valence-electron chi connectivity index (χ3n) is 4.02. The van der Waals surface area contributed by atoms with E-state index in [1.807, 2.05) is 24.3 Å². The van der Waals surface area contributed by atoms with Crippen LogP contribution in [0.5, 0.6) is 0 Å². The lowest BCUT2D eigenvalue weighted by Gasteiger charge is -2.18. The molecule has 0 radical (unpaired) electrons. The third-order valence-corrected chi connectivity index (χ3v) is 6.05. The summed E-state index contributed by atoms with van der Waals surface area (Å²) in [7, 11) is 1.52. The van der Waals surface area contributed by atoms with E-state index < -0.39 is 11.7 Å². The SMILES string of the molecule is CN(Cc1c(F)cccc1Cl)C(=O)CNC(=O)c1sc2ccccc2c1Cl. The van der Waals surface area contributed by atoms with Gasteiger partial charge in [0.15, 0.2) is 0 Å². The minimum absolute atomic E-state index is 0.00382.